The first-order valence-corrected chi connectivity index (χ1v) is 12.0. The molecule has 2 heterocycles. The van der Waals surface area contributed by atoms with E-state index in [1.807, 2.05) is 6.92 Å². The first kappa shape index (κ1) is 22.2. The molecule has 166 valence electrons. The van der Waals surface area contributed by atoms with Gasteiger partial charge in [0.15, 0.2) is 0 Å². The molecule has 0 unspecified atom stereocenters. The summed E-state index contributed by atoms with van der Waals surface area (Å²) in [7, 11) is -2.07. The van der Waals surface area contributed by atoms with Crippen molar-refractivity contribution < 1.29 is 12.8 Å². The lowest BCUT2D eigenvalue weighted by atomic mass is 9.92. The number of benzene rings is 2. The summed E-state index contributed by atoms with van der Waals surface area (Å²) in [6.45, 7) is 3.33. The number of fused-ring (bicyclic) bond motifs is 3. The maximum Gasteiger partial charge on any atom is 0.250 e. The average molecular weight is 474 g/mol. The molecule has 4 rings (SSSR count). The van der Waals surface area contributed by atoms with Crippen molar-refractivity contribution in [2.24, 2.45) is 12.0 Å². The fourth-order valence-electron chi connectivity index (χ4n) is 3.70. The Bertz CT molecular complexity index is 1410. The molecule has 0 bridgehead atoms. The molecule has 1 aromatic heterocycles. The van der Waals surface area contributed by atoms with Gasteiger partial charge in [-0.3, -0.25) is 14.5 Å². The highest BCUT2D eigenvalue weighted by atomic mass is 35.5. The van der Waals surface area contributed by atoms with E-state index in [9.17, 15) is 13.2 Å². The summed E-state index contributed by atoms with van der Waals surface area (Å²) in [6, 6.07) is 10.9. The number of hydrogen-bond acceptors (Lipinski definition) is 4. The van der Waals surface area contributed by atoms with Gasteiger partial charge in [0.1, 0.15) is 5.82 Å². The van der Waals surface area contributed by atoms with Crippen LogP contribution in [-0.4, -0.2) is 24.4 Å². The maximum atomic E-state index is 15.1. The SMILES string of the molecule is CCS(=O)(=O)Nc1cc2c(cc1F)C(c1ccc(Cl)cc1)=N[C@@H](C)c1cc(=O)n(C)cc1-2. The van der Waals surface area contributed by atoms with Crippen molar-refractivity contribution in [2.75, 3.05) is 10.5 Å². The summed E-state index contributed by atoms with van der Waals surface area (Å²) in [5, 5.41) is 0.554. The molecule has 0 amide bonds. The van der Waals surface area contributed by atoms with Crippen molar-refractivity contribution in [2.45, 2.75) is 19.9 Å². The van der Waals surface area contributed by atoms with Gasteiger partial charge in [-0.25, -0.2) is 12.8 Å². The third kappa shape index (κ3) is 4.08. The quantitative estimate of drug-likeness (QED) is 0.605. The molecule has 32 heavy (non-hydrogen) atoms. The summed E-state index contributed by atoms with van der Waals surface area (Å²) in [5.74, 6) is -0.910. The second-order valence-electron chi connectivity index (χ2n) is 7.64. The number of aromatic nitrogens is 1. The molecule has 9 heteroatoms. The Hall–Kier alpha value is -2.97. The molecule has 2 aromatic carbocycles. The molecule has 1 atom stereocenters. The number of nitrogens with zero attached hydrogens (tertiary/aromatic N) is 2. The van der Waals surface area contributed by atoms with Gasteiger partial charge < -0.3 is 4.57 Å². The maximum absolute atomic E-state index is 15.1. The van der Waals surface area contributed by atoms with E-state index in [2.05, 4.69) is 4.72 Å². The minimum absolute atomic E-state index is 0.157. The van der Waals surface area contributed by atoms with Crippen LogP contribution in [0, 0.1) is 5.82 Å². The van der Waals surface area contributed by atoms with Crippen molar-refractivity contribution in [3.05, 3.63) is 86.5 Å². The first-order chi connectivity index (χ1) is 15.1. The van der Waals surface area contributed by atoms with E-state index >= 15 is 4.39 Å². The number of anilines is 1. The number of pyridine rings is 1. The van der Waals surface area contributed by atoms with Crippen molar-refractivity contribution in [1.82, 2.24) is 4.57 Å². The fourth-order valence-corrected chi connectivity index (χ4v) is 4.46. The minimum Gasteiger partial charge on any atom is -0.318 e. The van der Waals surface area contributed by atoms with E-state index in [4.69, 9.17) is 16.6 Å². The van der Waals surface area contributed by atoms with E-state index in [1.54, 1.807) is 37.5 Å². The van der Waals surface area contributed by atoms with Gasteiger partial charge >= 0.3 is 0 Å². The molecular weight excluding hydrogens is 453 g/mol. The Morgan fingerprint density at radius 2 is 1.81 bits per heavy atom. The average Bonchev–Trinajstić information content (AvgIpc) is 2.85. The molecule has 0 aliphatic carbocycles. The summed E-state index contributed by atoms with van der Waals surface area (Å²) in [4.78, 5) is 17.2. The number of aliphatic imine (C=N–C) groups is 1. The number of halogens is 2. The zero-order valence-electron chi connectivity index (χ0n) is 17.7. The zero-order chi connectivity index (χ0) is 23.2. The first-order valence-electron chi connectivity index (χ1n) is 9.98. The molecule has 0 radical (unpaired) electrons. The third-order valence-corrected chi connectivity index (χ3v) is 6.99. The van der Waals surface area contributed by atoms with Crippen LogP contribution in [0.1, 0.15) is 36.6 Å². The Kier molecular flexibility index (Phi) is 5.68. The number of hydrogen-bond donors (Lipinski definition) is 1. The Morgan fingerprint density at radius 1 is 1.12 bits per heavy atom. The Morgan fingerprint density at radius 3 is 2.47 bits per heavy atom. The van der Waals surface area contributed by atoms with Crippen LogP contribution in [0.3, 0.4) is 0 Å². The Balaban J connectivity index is 2.04. The van der Waals surface area contributed by atoms with Gasteiger partial charge in [0.05, 0.1) is 23.2 Å². The summed E-state index contributed by atoms with van der Waals surface area (Å²) >= 11 is 6.04. The standard InChI is InChI=1S/C23H21ClFN3O3S/c1-4-32(30,31)27-21-10-17-18(9-20(21)25)23(14-5-7-15(24)8-6-14)26-13(2)16-11-22(29)28(3)12-19(16)17/h5-13,27H,4H2,1-3H3/t13-/m0/s1. The van der Waals surface area contributed by atoms with Gasteiger partial charge in [-0.15, -0.1) is 0 Å². The molecule has 0 spiro atoms. The Labute approximate surface area is 190 Å². The monoisotopic (exact) mass is 473 g/mol. The number of aryl methyl sites for hydroxylation is 1. The van der Waals surface area contributed by atoms with Crippen molar-refractivity contribution >= 4 is 33.0 Å². The fraction of sp³-hybridized carbons (Fsp3) is 0.217. The zero-order valence-corrected chi connectivity index (χ0v) is 19.3. The molecule has 1 aliphatic heterocycles. The van der Waals surface area contributed by atoms with Gasteiger partial charge in [-0.05, 0) is 49.2 Å². The van der Waals surface area contributed by atoms with Crippen LogP contribution in [0.25, 0.3) is 11.1 Å². The van der Waals surface area contributed by atoms with Crippen LogP contribution in [-0.2, 0) is 17.1 Å². The highest BCUT2D eigenvalue weighted by Crippen LogP contribution is 2.39. The molecule has 0 saturated heterocycles. The second kappa shape index (κ2) is 8.18. The molecule has 0 saturated carbocycles. The number of sulfonamides is 1. The molecule has 1 aliphatic rings. The largest absolute Gasteiger partial charge is 0.318 e. The van der Waals surface area contributed by atoms with Crippen LogP contribution in [0.2, 0.25) is 5.02 Å². The van der Waals surface area contributed by atoms with Crippen LogP contribution in [0.15, 0.2) is 58.4 Å². The van der Waals surface area contributed by atoms with Gasteiger partial charge in [0, 0.05) is 41.0 Å². The minimum atomic E-state index is -3.69. The molecule has 3 aromatic rings. The smallest absolute Gasteiger partial charge is 0.250 e. The number of rotatable bonds is 4. The van der Waals surface area contributed by atoms with E-state index in [1.165, 1.54) is 29.7 Å². The van der Waals surface area contributed by atoms with Crippen LogP contribution in [0.5, 0.6) is 0 Å². The predicted molar refractivity (Wildman–Crippen MR) is 126 cm³/mol. The second-order valence-corrected chi connectivity index (χ2v) is 10.1. The van der Waals surface area contributed by atoms with E-state index in [0.29, 0.717) is 33.0 Å². The summed E-state index contributed by atoms with van der Waals surface area (Å²) in [6.07, 6.45) is 1.67. The lowest BCUT2D eigenvalue weighted by Gasteiger charge is -2.16. The summed E-state index contributed by atoms with van der Waals surface area (Å²) < 4.78 is 43.1. The lowest BCUT2D eigenvalue weighted by molar-refractivity contribution is 0.599. The van der Waals surface area contributed by atoms with Gasteiger partial charge in [-0.1, -0.05) is 23.7 Å². The van der Waals surface area contributed by atoms with Crippen molar-refractivity contribution in [3.8, 4) is 11.1 Å². The molecule has 6 nitrogen and oxygen atoms in total. The third-order valence-electron chi connectivity index (χ3n) is 5.45. The highest BCUT2D eigenvalue weighted by Gasteiger charge is 2.26. The van der Waals surface area contributed by atoms with Crippen molar-refractivity contribution in [3.63, 3.8) is 0 Å². The van der Waals surface area contributed by atoms with E-state index < -0.39 is 21.9 Å². The van der Waals surface area contributed by atoms with E-state index in [0.717, 1.165) is 5.56 Å². The normalized spacial score (nSPS) is 15.4. The van der Waals surface area contributed by atoms with Crippen LogP contribution >= 0.6 is 11.6 Å². The topological polar surface area (TPSA) is 80.5 Å². The summed E-state index contributed by atoms with van der Waals surface area (Å²) in [5.41, 5.74) is 3.32. The van der Waals surface area contributed by atoms with Crippen molar-refractivity contribution in [1.29, 1.82) is 0 Å². The van der Waals surface area contributed by atoms with Crippen LogP contribution < -0.4 is 10.3 Å². The predicted octanol–water partition coefficient (Wildman–Crippen LogP) is 4.52. The molecule has 1 N–H and O–H groups in total. The van der Waals surface area contributed by atoms with Gasteiger partial charge in [0.2, 0.25) is 10.0 Å². The van der Waals surface area contributed by atoms with Gasteiger partial charge in [0.25, 0.3) is 5.56 Å². The number of nitrogens with one attached hydrogen (secondary N) is 1. The highest BCUT2D eigenvalue weighted by molar-refractivity contribution is 7.92. The lowest BCUT2D eigenvalue weighted by Crippen LogP contribution is -2.18. The molecule has 0 fully saturated rings. The van der Waals surface area contributed by atoms with Crippen LogP contribution in [0.4, 0.5) is 10.1 Å². The van der Waals surface area contributed by atoms with Gasteiger partial charge in [-0.2, -0.15) is 0 Å². The van der Waals surface area contributed by atoms with E-state index in [-0.39, 0.29) is 17.0 Å². The molecular formula is C23H21ClFN3O3S.